The van der Waals surface area contributed by atoms with E-state index in [1.54, 1.807) is 14.1 Å². The highest BCUT2D eigenvalue weighted by Crippen LogP contribution is 2.27. The molecule has 6 aromatic heterocycles. The van der Waals surface area contributed by atoms with Crippen molar-refractivity contribution in [3.63, 3.8) is 0 Å². The number of nitriles is 6. The zero-order chi connectivity index (χ0) is 52.6. The smallest absolute Gasteiger partial charge is 0.236 e. The number of hydrogen-bond acceptors (Lipinski definition) is 25. The predicted octanol–water partition coefficient (Wildman–Crippen LogP) is 5.41. The quantitative estimate of drug-likeness (QED) is 0.0621. The van der Waals surface area contributed by atoms with Gasteiger partial charge in [-0.05, 0) is 39.0 Å². The molecule has 0 unspecified atom stereocenters. The lowest BCUT2D eigenvalue weighted by Crippen LogP contribution is -2.14. The van der Waals surface area contributed by atoms with Crippen molar-refractivity contribution < 1.29 is 19.2 Å². The Morgan fingerprint density at radius 1 is 0.521 bits per heavy atom. The molecule has 71 heavy (non-hydrogen) atoms. The Morgan fingerprint density at radius 2 is 0.761 bits per heavy atom. The third kappa shape index (κ3) is 18.9. The summed E-state index contributed by atoms with van der Waals surface area (Å²) in [7, 11) is 3.38. The molecule has 0 fully saturated rings. The fraction of sp³-hybridized carbons (Fsp3) is 0.190. The zero-order valence-corrected chi connectivity index (χ0v) is 42.7. The van der Waals surface area contributed by atoms with Crippen LogP contribution in [0, 0.1) is 88.8 Å². The Morgan fingerprint density at radius 3 is 0.944 bits per heavy atom. The van der Waals surface area contributed by atoms with Gasteiger partial charge >= 0.3 is 0 Å². The number of rotatable bonds is 13. The number of nitrogens with zero attached hydrogens (tertiary/aromatic N) is 13. The van der Waals surface area contributed by atoms with Gasteiger partial charge in [0.1, 0.15) is 68.9 Å². The number of anilines is 6. The first-order valence-electron chi connectivity index (χ1n) is 19.3. The second-order valence-electron chi connectivity index (χ2n) is 13.5. The van der Waals surface area contributed by atoms with Gasteiger partial charge in [-0.25, -0.2) is 29.9 Å². The molecule has 0 atom stereocenters. The molecule has 360 valence electrons. The van der Waals surface area contributed by atoms with Crippen LogP contribution in [0.5, 0.6) is 0 Å². The van der Waals surface area contributed by atoms with Crippen LogP contribution in [-0.2, 0) is 19.2 Å². The number of nitrogens with one attached hydrogen (secondary N) is 3. The summed E-state index contributed by atoms with van der Waals surface area (Å²) in [5, 5.41) is 69.8. The van der Waals surface area contributed by atoms with Crippen LogP contribution in [0.25, 0.3) is 0 Å². The van der Waals surface area contributed by atoms with Crippen LogP contribution >= 0.6 is 69.3 Å². The lowest BCUT2D eigenvalue weighted by molar-refractivity contribution is -0.116. The van der Waals surface area contributed by atoms with Gasteiger partial charge in [0.25, 0.3) is 0 Å². The van der Waals surface area contributed by atoms with Gasteiger partial charge in [-0.2, -0.15) is 31.6 Å². The maximum atomic E-state index is 11.8. The molecule has 6 aromatic rings. The minimum absolute atomic E-state index is 0.0416. The van der Waals surface area contributed by atoms with Gasteiger partial charge in [0.2, 0.25) is 24.1 Å². The van der Waals surface area contributed by atoms with Crippen LogP contribution in [0.15, 0.2) is 49.4 Å². The minimum Gasteiger partial charge on any atom is -0.383 e. The van der Waals surface area contributed by atoms with Crippen LogP contribution in [0.4, 0.5) is 32.8 Å². The Hall–Kier alpha value is -8.39. The number of thioether (sulfide) groups is 3. The number of thiazole rings is 3. The number of pyridine rings is 3. The molecule has 29 heteroatoms. The number of carbonyl (C=O) groups excluding carboxylic acids is 4. The molecular formula is C42H37N19O4S6. The number of carbonyl (C=O) groups is 4. The highest BCUT2D eigenvalue weighted by molar-refractivity contribution is 8.00. The molecule has 0 bridgehead atoms. The van der Waals surface area contributed by atoms with Gasteiger partial charge in [0.15, 0.2) is 15.4 Å². The molecule has 0 aliphatic carbocycles. The maximum Gasteiger partial charge on any atom is 0.236 e. The van der Waals surface area contributed by atoms with Crippen LogP contribution < -0.4 is 33.2 Å². The fourth-order valence-electron chi connectivity index (χ4n) is 4.47. The van der Waals surface area contributed by atoms with Gasteiger partial charge in [0.05, 0.1) is 67.7 Å². The van der Waals surface area contributed by atoms with Crippen molar-refractivity contribution in [1.82, 2.24) is 34.8 Å². The first-order chi connectivity index (χ1) is 33.9. The lowest BCUT2D eigenvalue weighted by Gasteiger charge is -2.05. The Balaban J connectivity index is 0.000000268. The van der Waals surface area contributed by atoms with E-state index >= 15 is 0 Å². The molecule has 0 spiro atoms. The van der Waals surface area contributed by atoms with E-state index in [4.69, 9.17) is 48.8 Å². The maximum absolute atomic E-state index is 11.8. The van der Waals surface area contributed by atoms with Crippen molar-refractivity contribution in [3.05, 3.63) is 84.8 Å². The third-order valence-electron chi connectivity index (χ3n) is 7.60. The Kier molecular flexibility index (Phi) is 23.1. The van der Waals surface area contributed by atoms with Crippen LogP contribution in [0.1, 0.15) is 50.5 Å². The van der Waals surface area contributed by atoms with Crippen molar-refractivity contribution in [2.45, 2.75) is 35.8 Å². The van der Waals surface area contributed by atoms with Crippen molar-refractivity contribution in [2.24, 2.45) is 0 Å². The highest BCUT2D eigenvalue weighted by Gasteiger charge is 2.16. The number of amides is 4. The van der Waals surface area contributed by atoms with E-state index < -0.39 is 0 Å². The summed E-state index contributed by atoms with van der Waals surface area (Å²) in [6.07, 6.45) is 0.750. The minimum atomic E-state index is -0.257. The molecule has 0 radical (unpaired) electrons. The van der Waals surface area contributed by atoms with Gasteiger partial charge in [-0.15, -0.1) is 34.0 Å². The molecule has 4 amide bonds. The number of nitrogens with two attached hydrogens (primary N) is 3. The summed E-state index contributed by atoms with van der Waals surface area (Å²) in [6, 6.07) is 15.5. The van der Waals surface area contributed by atoms with E-state index in [-0.39, 0.29) is 85.8 Å². The second-order valence-corrected chi connectivity index (χ2v) is 18.9. The number of aryl methyl sites for hydroxylation is 3. The van der Waals surface area contributed by atoms with E-state index in [0.29, 0.717) is 30.5 Å². The third-order valence-corrected chi connectivity index (χ3v) is 13.2. The van der Waals surface area contributed by atoms with Crippen LogP contribution in [-0.4, -0.2) is 90.3 Å². The van der Waals surface area contributed by atoms with Crippen molar-refractivity contribution in [2.75, 3.05) is 64.5 Å². The molecule has 0 saturated heterocycles. The summed E-state index contributed by atoms with van der Waals surface area (Å²) in [6.45, 7) is 5.51. The van der Waals surface area contributed by atoms with Crippen LogP contribution in [0.2, 0.25) is 0 Å². The first kappa shape index (κ1) is 56.9. The number of hydrogen-bond donors (Lipinski definition) is 6. The van der Waals surface area contributed by atoms with Crippen molar-refractivity contribution in [1.29, 1.82) is 31.6 Å². The van der Waals surface area contributed by atoms with E-state index in [0.717, 1.165) is 58.8 Å². The summed E-state index contributed by atoms with van der Waals surface area (Å²) < 4.78 is 0. The fourth-order valence-corrected chi connectivity index (χ4v) is 8.87. The first-order valence-corrected chi connectivity index (χ1v) is 24.9. The van der Waals surface area contributed by atoms with Gasteiger partial charge in [-0.1, -0.05) is 35.3 Å². The van der Waals surface area contributed by atoms with Gasteiger partial charge in [0, 0.05) is 30.2 Å². The summed E-state index contributed by atoms with van der Waals surface area (Å²) in [4.78, 5) is 70.8. The topological polar surface area (TPSA) is 406 Å². The van der Waals surface area contributed by atoms with Crippen molar-refractivity contribution in [3.8, 4) is 36.4 Å². The molecule has 0 aromatic carbocycles. The molecule has 6 heterocycles. The lowest BCUT2D eigenvalue weighted by atomic mass is 10.2. The number of nitrogen functional groups attached to an aromatic ring is 3. The van der Waals surface area contributed by atoms with Gasteiger partial charge < -0.3 is 38.1 Å². The van der Waals surface area contributed by atoms with E-state index in [1.165, 1.54) is 57.1 Å². The van der Waals surface area contributed by atoms with E-state index in [1.807, 2.05) is 73.3 Å². The standard InChI is InChI=1S/3C13H10N6OS2.C3H7NO/c3*1-7-5-22-13(17-7)18-10(20)6-21-12-9(4-15)2-8(3-14)11(16)19-12;1-4(2)3-5/h3*2,5H,6H2,1H3,(H2,16,19)(H,17,18,20);3H,1-2H3. The Bertz CT molecular complexity index is 2840. The normalized spacial score (nSPS) is 9.56. The van der Waals surface area contributed by atoms with Crippen LogP contribution in [0.3, 0.4) is 0 Å². The van der Waals surface area contributed by atoms with Gasteiger partial charge in [-0.3, -0.25) is 19.2 Å². The summed E-state index contributed by atoms with van der Waals surface area (Å²) >= 11 is 7.26. The summed E-state index contributed by atoms with van der Waals surface area (Å²) in [5.41, 5.74) is 20.4. The Labute approximate surface area is 430 Å². The van der Waals surface area contributed by atoms with E-state index in [9.17, 15) is 19.2 Å². The zero-order valence-electron chi connectivity index (χ0n) is 37.8. The largest absolute Gasteiger partial charge is 0.383 e. The molecule has 23 nitrogen and oxygen atoms in total. The predicted molar refractivity (Wildman–Crippen MR) is 273 cm³/mol. The average Bonchev–Trinajstić information content (AvgIpc) is 4.09. The molecule has 0 aliphatic rings. The molecule has 6 rings (SSSR count). The molecule has 0 saturated carbocycles. The number of aromatic nitrogens is 6. The SMILES string of the molecule is CN(C)C=O.Cc1csc(NC(=O)CSc2nc(N)c(C#N)cc2C#N)n1.Cc1csc(NC(=O)CSc2nc(N)c(C#N)cc2C#N)n1.Cc1csc(NC(=O)CSc2nc(N)c(C#N)cc2C#N)n1. The van der Waals surface area contributed by atoms with Crippen molar-refractivity contribution >= 4 is 126 Å². The van der Waals surface area contributed by atoms with E-state index in [2.05, 4.69) is 45.9 Å². The second kappa shape index (κ2) is 28.8. The summed E-state index contributed by atoms with van der Waals surface area (Å²) in [5.74, 6) is -0.461. The molecular weight excluding hydrogens is 1030 g/mol. The highest BCUT2D eigenvalue weighted by atomic mass is 32.2. The average molecular weight is 1060 g/mol. The molecule has 0 aliphatic heterocycles. The molecule has 9 N–H and O–H groups in total. The monoisotopic (exact) mass is 1060 g/mol.